The molecule has 0 aliphatic carbocycles. The van der Waals surface area contributed by atoms with Gasteiger partial charge in [-0.2, -0.15) is 101 Å². The maximum Gasteiger partial charge on any atom is 0.460 e. The Bertz CT molecular complexity index is 2090. The maximum absolute atomic E-state index is 13.6. The Morgan fingerprint density at radius 2 is 0.984 bits per heavy atom. The lowest BCUT2D eigenvalue weighted by molar-refractivity contribution is -0.382. The normalized spacial score (nSPS) is 14.9. The van der Waals surface area contributed by atoms with Gasteiger partial charge in [-0.1, -0.05) is 31.6 Å². The van der Waals surface area contributed by atoms with Crippen LogP contribution in [0.3, 0.4) is 0 Å². The van der Waals surface area contributed by atoms with Crippen LogP contribution in [0, 0.1) is 11.8 Å². The highest BCUT2D eigenvalue weighted by Gasteiger charge is 2.87. The molecular formula is C26H25F19N2O12S2. The van der Waals surface area contributed by atoms with Crippen molar-refractivity contribution in [2.45, 2.75) is 86.1 Å². The van der Waals surface area contributed by atoms with Crippen molar-refractivity contribution in [1.82, 2.24) is 10.3 Å². The van der Waals surface area contributed by atoms with E-state index in [1.807, 2.05) is 13.8 Å². The lowest BCUT2D eigenvalue weighted by atomic mass is 9.93. The minimum Gasteiger partial charge on any atom is -0.468 e. The molecule has 0 aliphatic heterocycles. The van der Waals surface area contributed by atoms with Gasteiger partial charge >= 0.3 is 78.8 Å². The van der Waals surface area contributed by atoms with Gasteiger partial charge in [-0.05, 0) is 17.0 Å². The Labute approximate surface area is 326 Å². The van der Waals surface area contributed by atoms with Gasteiger partial charge in [0.2, 0.25) is 0 Å². The molecule has 1 N–H and O–H groups in total. The fourth-order valence-corrected chi connectivity index (χ4v) is 5.08. The second-order valence-electron chi connectivity index (χ2n) is 12.0. The Kier molecular flexibility index (Phi) is 17.1. The molecule has 35 heteroatoms. The first-order chi connectivity index (χ1) is 26.8. The molecular weight excluding hydrogens is 957 g/mol. The zero-order valence-corrected chi connectivity index (χ0v) is 31.9. The minimum absolute atomic E-state index is 0.0152. The number of carbonyl (C=O) groups excluding carboxylic acids is 2. The molecule has 2 unspecified atom stereocenters. The van der Waals surface area contributed by atoms with Crippen molar-refractivity contribution in [3.8, 4) is 5.88 Å². The summed E-state index contributed by atoms with van der Waals surface area (Å²) < 4.78 is 297. The first kappa shape index (κ1) is 56.5. The number of halogens is 19. The molecule has 2 aromatic heterocycles. The van der Waals surface area contributed by atoms with Crippen molar-refractivity contribution < 1.29 is 132 Å². The Morgan fingerprint density at radius 1 is 0.623 bits per heavy atom. The summed E-state index contributed by atoms with van der Waals surface area (Å²) in [4.78, 5) is 33.9. The van der Waals surface area contributed by atoms with Crippen molar-refractivity contribution in [2.75, 3.05) is 14.2 Å². The summed E-state index contributed by atoms with van der Waals surface area (Å²) in [7, 11) is -12.6. The molecule has 0 bridgehead atoms. The fourth-order valence-electron chi connectivity index (χ4n) is 3.79. The molecule has 2 atom stereocenters. The number of nitrogens with one attached hydrogen (secondary N) is 1. The quantitative estimate of drug-likeness (QED) is 0.0855. The largest absolute Gasteiger partial charge is 0.468 e. The third-order valence-electron chi connectivity index (χ3n) is 6.95. The van der Waals surface area contributed by atoms with E-state index < -0.39 is 108 Å². The van der Waals surface area contributed by atoms with E-state index in [4.69, 9.17) is 4.52 Å². The molecule has 2 rings (SSSR count). The Hall–Kier alpha value is -4.47. The predicted octanol–water partition coefficient (Wildman–Crippen LogP) is 7.31. The molecule has 61 heavy (non-hydrogen) atoms. The van der Waals surface area contributed by atoms with Crippen molar-refractivity contribution in [2.24, 2.45) is 11.8 Å². The number of esters is 2. The summed E-state index contributed by atoms with van der Waals surface area (Å²) in [6.07, 6.45) is -14.4. The average molecular weight is 983 g/mol. The van der Waals surface area contributed by atoms with Gasteiger partial charge in [0.1, 0.15) is 11.8 Å². The molecule has 2 aromatic rings. The SMILES string of the molecule is COC(=O)C(c1cc(=O)[nH]o1)C(C)C.COC(=O)C(c1cc(OS(=O)(=O)C(F)(F)C(F)(F)C(F)(F)C(F)(F)F)no1)C(C)C.O=S(=O)(F)C(F)(F)C(F)(F)C(F)(F)C(F)(F)F. The molecule has 0 amide bonds. The van der Waals surface area contributed by atoms with E-state index in [0.29, 0.717) is 11.8 Å². The van der Waals surface area contributed by atoms with E-state index in [9.17, 15) is 114 Å². The van der Waals surface area contributed by atoms with Crippen molar-refractivity contribution in [1.29, 1.82) is 0 Å². The zero-order valence-electron chi connectivity index (χ0n) is 30.3. The molecule has 0 saturated carbocycles. The summed E-state index contributed by atoms with van der Waals surface area (Å²) in [6, 6.07) is 1.62. The van der Waals surface area contributed by atoms with Gasteiger partial charge in [0.15, 0.2) is 11.5 Å². The van der Waals surface area contributed by atoms with E-state index in [-0.39, 0.29) is 11.5 Å². The molecule has 2 heterocycles. The number of carbonyl (C=O) groups is 2. The number of aromatic nitrogens is 2. The van der Waals surface area contributed by atoms with Crippen LogP contribution in [0.2, 0.25) is 0 Å². The van der Waals surface area contributed by atoms with Crippen molar-refractivity contribution in [3.05, 3.63) is 34.0 Å². The number of nitrogens with zero attached hydrogens (tertiary/aromatic N) is 1. The smallest absolute Gasteiger partial charge is 0.460 e. The van der Waals surface area contributed by atoms with Crippen LogP contribution in [0.25, 0.3) is 0 Å². The van der Waals surface area contributed by atoms with Crippen LogP contribution in [0.15, 0.2) is 26.0 Å². The van der Waals surface area contributed by atoms with Crippen molar-refractivity contribution in [3.63, 3.8) is 0 Å². The lowest BCUT2D eigenvalue weighted by Crippen LogP contribution is -2.63. The van der Waals surface area contributed by atoms with Gasteiger partial charge < -0.3 is 22.7 Å². The molecule has 0 spiro atoms. The standard InChI is InChI=1S/C13H12F9NO6S.C9H13NO4.C4F10O2S/c1-5(2)8(9(24)27-3)6-4-7(23-28-6)29-30(25,26)13(21,22)11(16,17)10(14,15)12(18,19)20;1-5(2)8(9(12)13-3)6-4-7(11)10-14-6;5-1(6,3(9,10)11)2(7,8)4(12,13)17(14,15)16/h4-5,8H,1-3H3;4-5,8H,1-3H3,(H,10,11);. The van der Waals surface area contributed by atoms with E-state index in [1.165, 1.54) is 27.0 Å². The first-order valence-electron chi connectivity index (χ1n) is 14.9. The summed E-state index contributed by atoms with van der Waals surface area (Å²) in [5, 5.41) is -9.38. The van der Waals surface area contributed by atoms with E-state index in [1.54, 1.807) is 0 Å². The Morgan fingerprint density at radius 3 is 1.28 bits per heavy atom. The highest BCUT2D eigenvalue weighted by Crippen LogP contribution is 2.56. The third-order valence-corrected chi connectivity index (χ3v) is 9.10. The van der Waals surface area contributed by atoms with E-state index in [2.05, 4.69) is 28.5 Å². The number of rotatable bonds is 14. The maximum atomic E-state index is 13.6. The molecule has 14 nitrogen and oxygen atoms in total. The second kappa shape index (κ2) is 18.5. The zero-order chi connectivity index (χ0) is 49.1. The summed E-state index contributed by atoms with van der Waals surface area (Å²) in [6.45, 7) is 6.56. The molecule has 0 radical (unpaired) electrons. The van der Waals surface area contributed by atoms with Crippen LogP contribution in [0.5, 0.6) is 5.88 Å². The average Bonchev–Trinajstić information content (AvgIpc) is 3.70. The molecule has 0 aliphatic rings. The number of methoxy groups -OCH3 is 2. The van der Waals surface area contributed by atoms with Gasteiger partial charge in [-0.15, -0.1) is 0 Å². The minimum atomic E-state index is -7.67. The number of aromatic amines is 1. The number of H-pyrrole nitrogens is 1. The summed E-state index contributed by atoms with van der Waals surface area (Å²) >= 11 is 0. The summed E-state index contributed by atoms with van der Waals surface area (Å²) in [5.41, 5.74) is -0.352. The molecule has 0 fully saturated rings. The summed E-state index contributed by atoms with van der Waals surface area (Å²) in [5.74, 6) is -35.4. The number of ether oxygens (including phenoxy) is 2. The van der Waals surface area contributed by atoms with Gasteiger partial charge in [0.25, 0.3) is 11.4 Å². The number of alkyl halides is 18. The fraction of sp³-hybridized carbons (Fsp3) is 0.692. The van der Waals surface area contributed by atoms with Gasteiger partial charge in [0, 0.05) is 12.1 Å². The molecule has 356 valence electrons. The predicted molar refractivity (Wildman–Crippen MR) is 156 cm³/mol. The van der Waals surface area contributed by atoms with E-state index in [0.717, 1.165) is 7.11 Å². The van der Waals surface area contributed by atoms with Crippen LogP contribution >= 0.6 is 0 Å². The van der Waals surface area contributed by atoms with Crippen molar-refractivity contribution >= 4 is 32.3 Å². The van der Waals surface area contributed by atoms with Crippen LogP contribution < -0.4 is 9.74 Å². The third kappa shape index (κ3) is 11.3. The van der Waals surface area contributed by atoms with Crippen LogP contribution in [-0.2, 0) is 39.4 Å². The first-order valence-corrected chi connectivity index (χ1v) is 17.7. The number of hydrogen-bond donors (Lipinski definition) is 1. The molecule has 0 saturated heterocycles. The van der Waals surface area contributed by atoms with Gasteiger partial charge in [0.05, 0.1) is 14.2 Å². The van der Waals surface area contributed by atoms with Crippen LogP contribution in [0.1, 0.15) is 51.1 Å². The second-order valence-corrected chi connectivity index (χ2v) is 15.0. The van der Waals surface area contributed by atoms with E-state index >= 15 is 0 Å². The topological polar surface area (TPSA) is 202 Å². The lowest BCUT2D eigenvalue weighted by Gasteiger charge is -2.32. The monoisotopic (exact) mass is 982 g/mol. The highest BCUT2D eigenvalue weighted by molar-refractivity contribution is 7.88. The van der Waals surface area contributed by atoms with Crippen LogP contribution in [0.4, 0.5) is 82.9 Å². The highest BCUT2D eigenvalue weighted by atomic mass is 32.3. The number of hydrogen-bond acceptors (Lipinski definition) is 13. The van der Waals surface area contributed by atoms with Crippen LogP contribution in [-0.4, -0.2) is 99.9 Å². The van der Waals surface area contributed by atoms with Gasteiger partial charge in [-0.25, -0.2) is 0 Å². The molecule has 0 aromatic carbocycles. The Balaban J connectivity index is 0.000000978. The van der Waals surface area contributed by atoms with Gasteiger partial charge in [-0.3, -0.25) is 14.4 Å².